The molecule has 3 aromatic heterocycles. The third-order valence-corrected chi connectivity index (χ3v) is 5.05. The van der Waals surface area contributed by atoms with Crippen molar-refractivity contribution >= 4 is 17.4 Å². The van der Waals surface area contributed by atoms with Crippen LogP contribution in [0.25, 0.3) is 11.6 Å². The number of anilines is 1. The first kappa shape index (κ1) is 17.8. The lowest BCUT2D eigenvalue weighted by molar-refractivity contribution is 0.210. The molecule has 9 heteroatoms. The molecule has 1 aliphatic carbocycles. The zero-order valence-electron chi connectivity index (χ0n) is 14.9. The first-order chi connectivity index (χ1) is 13.2. The molecule has 3 heterocycles. The third-order valence-electron chi connectivity index (χ3n) is 4.82. The van der Waals surface area contributed by atoms with Crippen LogP contribution in [0.1, 0.15) is 30.7 Å². The molecule has 0 aliphatic heterocycles. The van der Waals surface area contributed by atoms with Crippen LogP contribution in [-0.4, -0.2) is 45.4 Å². The minimum atomic E-state index is -0.269. The fourth-order valence-electron chi connectivity index (χ4n) is 3.16. The molecule has 8 nitrogen and oxygen atoms in total. The Morgan fingerprint density at radius 1 is 1.19 bits per heavy atom. The van der Waals surface area contributed by atoms with Gasteiger partial charge in [0.05, 0.1) is 24.4 Å². The number of methoxy groups -OCH3 is 1. The van der Waals surface area contributed by atoms with E-state index >= 15 is 0 Å². The number of pyridine rings is 1. The molecule has 1 fully saturated rings. The van der Waals surface area contributed by atoms with Crippen molar-refractivity contribution in [1.82, 2.24) is 25.1 Å². The number of halogens is 1. The normalized spacial score (nSPS) is 15.3. The van der Waals surface area contributed by atoms with E-state index in [1.165, 1.54) is 0 Å². The maximum atomic E-state index is 5.92. The molecule has 1 aliphatic rings. The number of hydrogen-bond acceptors (Lipinski definition) is 8. The van der Waals surface area contributed by atoms with Gasteiger partial charge < -0.3 is 14.6 Å². The minimum absolute atomic E-state index is 0.269. The van der Waals surface area contributed by atoms with Crippen LogP contribution >= 0.6 is 11.6 Å². The average molecular weight is 387 g/mol. The molecule has 4 rings (SSSR count). The highest BCUT2D eigenvalue weighted by atomic mass is 35.5. The molecule has 27 heavy (non-hydrogen) atoms. The first-order valence-corrected chi connectivity index (χ1v) is 9.10. The largest absolute Gasteiger partial charge is 0.383 e. The maximum absolute atomic E-state index is 5.92. The minimum Gasteiger partial charge on any atom is -0.383 e. The zero-order valence-corrected chi connectivity index (χ0v) is 15.6. The summed E-state index contributed by atoms with van der Waals surface area (Å²) in [5.74, 6) is 1.67. The van der Waals surface area contributed by atoms with Crippen molar-refractivity contribution in [2.45, 2.75) is 24.7 Å². The average Bonchev–Trinajstić information content (AvgIpc) is 3.13. The van der Waals surface area contributed by atoms with E-state index in [0.717, 1.165) is 24.8 Å². The van der Waals surface area contributed by atoms with Crippen molar-refractivity contribution in [3.8, 4) is 11.6 Å². The lowest BCUT2D eigenvalue weighted by Crippen LogP contribution is -2.36. The predicted octanol–water partition coefficient (Wildman–Crippen LogP) is 3.10. The van der Waals surface area contributed by atoms with Crippen molar-refractivity contribution in [1.29, 1.82) is 0 Å². The van der Waals surface area contributed by atoms with Gasteiger partial charge in [0.25, 0.3) is 5.89 Å². The molecule has 1 saturated carbocycles. The van der Waals surface area contributed by atoms with Crippen molar-refractivity contribution in [3.63, 3.8) is 0 Å². The molecule has 0 spiro atoms. The second-order valence-electron chi connectivity index (χ2n) is 6.43. The number of aromatic nitrogens is 5. The summed E-state index contributed by atoms with van der Waals surface area (Å²) in [7, 11) is 1.65. The van der Waals surface area contributed by atoms with Gasteiger partial charge in [-0.1, -0.05) is 29.2 Å². The Balaban J connectivity index is 1.55. The van der Waals surface area contributed by atoms with Crippen molar-refractivity contribution in [2.24, 2.45) is 0 Å². The van der Waals surface area contributed by atoms with E-state index in [4.69, 9.17) is 20.9 Å². The molecule has 0 aromatic carbocycles. The second-order valence-corrected chi connectivity index (χ2v) is 6.82. The molecule has 140 valence electrons. The lowest BCUT2D eigenvalue weighted by Gasteiger charge is -2.39. The molecule has 0 unspecified atom stereocenters. The fourth-order valence-corrected chi connectivity index (χ4v) is 3.28. The van der Waals surface area contributed by atoms with E-state index < -0.39 is 0 Å². The number of rotatable bonds is 7. The van der Waals surface area contributed by atoms with Crippen LogP contribution in [0, 0.1) is 0 Å². The van der Waals surface area contributed by atoms with Crippen molar-refractivity contribution in [3.05, 3.63) is 47.3 Å². The number of nitrogens with one attached hydrogen (secondary N) is 1. The topological polar surface area (TPSA) is 98.8 Å². The standard InChI is InChI=1S/C18H19ClN6O2/c1-26-8-7-20-15-11-21-13(10-23-15)16-24-17(25-27-16)18(5-2-6-18)12-3-4-14(19)22-9-12/h3-4,9-11H,2,5-8H2,1H3,(H,20,23). The molecule has 0 atom stereocenters. The Morgan fingerprint density at radius 3 is 2.70 bits per heavy atom. The van der Waals surface area contributed by atoms with Gasteiger partial charge in [0.1, 0.15) is 16.7 Å². The second kappa shape index (κ2) is 7.58. The number of ether oxygens (including phenoxy) is 1. The summed E-state index contributed by atoms with van der Waals surface area (Å²) in [5.41, 5.74) is 1.32. The van der Waals surface area contributed by atoms with Crippen LogP contribution in [0.2, 0.25) is 5.15 Å². The summed E-state index contributed by atoms with van der Waals surface area (Å²) in [4.78, 5) is 17.5. The number of hydrogen-bond donors (Lipinski definition) is 1. The van der Waals surface area contributed by atoms with E-state index in [1.54, 1.807) is 31.8 Å². The van der Waals surface area contributed by atoms with Gasteiger partial charge in [0.2, 0.25) is 0 Å². The summed E-state index contributed by atoms with van der Waals surface area (Å²) in [5, 5.41) is 7.81. The van der Waals surface area contributed by atoms with Gasteiger partial charge in [0.15, 0.2) is 5.82 Å². The van der Waals surface area contributed by atoms with Crippen LogP contribution in [-0.2, 0) is 10.2 Å². The summed E-state index contributed by atoms with van der Waals surface area (Å²) in [6.45, 7) is 1.25. The molecule has 1 N–H and O–H groups in total. The highest BCUT2D eigenvalue weighted by Gasteiger charge is 2.44. The molecule has 0 saturated heterocycles. The molecular weight excluding hydrogens is 368 g/mol. The highest BCUT2D eigenvalue weighted by molar-refractivity contribution is 6.29. The Morgan fingerprint density at radius 2 is 2.07 bits per heavy atom. The fraction of sp³-hybridized carbons (Fsp3) is 0.389. The predicted molar refractivity (Wildman–Crippen MR) is 99.6 cm³/mol. The number of nitrogens with zero attached hydrogens (tertiary/aromatic N) is 5. The van der Waals surface area contributed by atoms with Gasteiger partial charge in [-0.25, -0.2) is 15.0 Å². The molecular formula is C18H19ClN6O2. The molecule has 0 bridgehead atoms. The van der Waals surface area contributed by atoms with Gasteiger partial charge in [-0.2, -0.15) is 4.98 Å². The van der Waals surface area contributed by atoms with E-state index in [2.05, 4.69) is 30.4 Å². The summed E-state index contributed by atoms with van der Waals surface area (Å²) >= 11 is 5.92. The molecule has 0 amide bonds. The van der Waals surface area contributed by atoms with Crippen LogP contribution in [0.5, 0.6) is 0 Å². The molecule has 3 aromatic rings. The summed E-state index contributed by atoms with van der Waals surface area (Å²) in [6.07, 6.45) is 8.04. The lowest BCUT2D eigenvalue weighted by atomic mass is 9.64. The van der Waals surface area contributed by atoms with E-state index in [1.807, 2.05) is 6.07 Å². The smallest absolute Gasteiger partial charge is 0.278 e. The monoisotopic (exact) mass is 386 g/mol. The van der Waals surface area contributed by atoms with Crippen LogP contribution in [0.15, 0.2) is 35.2 Å². The van der Waals surface area contributed by atoms with Gasteiger partial charge in [-0.15, -0.1) is 0 Å². The Bertz CT molecular complexity index is 893. The van der Waals surface area contributed by atoms with Crippen molar-refractivity contribution in [2.75, 3.05) is 25.6 Å². The van der Waals surface area contributed by atoms with Gasteiger partial charge in [-0.3, -0.25) is 0 Å². The Hall–Kier alpha value is -2.58. The zero-order chi connectivity index (χ0) is 18.7. The van der Waals surface area contributed by atoms with Gasteiger partial charge >= 0.3 is 0 Å². The summed E-state index contributed by atoms with van der Waals surface area (Å²) < 4.78 is 10.5. The van der Waals surface area contributed by atoms with Gasteiger partial charge in [-0.05, 0) is 24.5 Å². The third kappa shape index (κ3) is 3.50. The Labute approximate surface area is 161 Å². The summed E-state index contributed by atoms with van der Waals surface area (Å²) in [6, 6.07) is 3.77. The highest BCUT2D eigenvalue weighted by Crippen LogP contribution is 2.47. The Kier molecular flexibility index (Phi) is 5.00. The van der Waals surface area contributed by atoms with Crippen LogP contribution < -0.4 is 5.32 Å². The van der Waals surface area contributed by atoms with E-state index in [-0.39, 0.29) is 5.41 Å². The van der Waals surface area contributed by atoms with Crippen LogP contribution in [0.4, 0.5) is 5.82 Å². The quantitative estimate of drug-likeness (QED) is 0.488. The van der Waals surface area contributed by atoms with Crippen molar-refractivity contribution < 1.29 is 9.26 Å². The SMILES string of the molecule is COCCNc1cnc(-c2nc(C3(c4ccc(Cl)nc4)CCC3)no2)cn1. The molecule has 0 radical (unpaired) electrons. The van der Waals surface area contributed by atoms with E-state index in [0.29, 0.717) is 41.5 Å². The van der Waals surface area contributed by atoms with E-state index in [9.17, 15) is 0 Å². The van der Waals surface area contributed by atoms with Gasteiger partial charge in [0, 0.05) is 19.9 Å². The van der Waals surface area contributed by atoms with Crippen LogP contribution in [0.3, 0.4) is 0 Å². The maximum Gasteiger partial charge on any atom is 0.278 e. The first-order valence-electron chi connectivity index (χ1n) is 8.73.